The summed E-state index contributed by atoms with van der Waals surface area (Å²) in [6.45, 7) is 14.5. The normalized spacial score (nSPS) is 10.8. The Morgan fingerprint density at radius 2 is 0.955 bits per heavy atom. The second-order valence-corrected chi connectivity index (χ2v) is 5.06. The third-order valence-corrected chi connectivity index (χ3v) is 3.11. The van der Waals surface area contributed by atoms with Gasteiger partial charge in [0.1, 0.15) is 0 Å². The minimum atomic E-state index is 0.113. The molecule has 0 heterocycles. The summed E-state index contributed by atoms with van der Waals surface area (Å²) < 4.78 is 0. The van der Waals surface area contributed by atoms with Crippen LogP contribution in [0, 0.1) is 0 Å². The second-order valence-electron chi connectivity index (χ2n) is 5.06. The minimum absolute atomic E-state index is 0.113. The molecule has 132 valence electrons. The van der Waals surface area contributed by atoms with Gasteiger partial charge in [0, 0.05) is 71.9 Å². The van der Waals surface area contributed by atoms with Crippen molar-refractivity contribution in [1.82, 2.24) is 31.9 Å². The van der Waals surface area contributed by atoms with Crippen LogP contribution in [0.25, 0.3) is 0 Å². The van der Waals surface area contributed by atoms with Crippen molar-refractivity contribution >= 4 is 5.91 Å². The first-order valence-electron chi connectivity index (χ1n) is 8.61. The van der Waals surface area contributed by atoms with Crippen molar-refractivity contribution in [2.75, 3.05) is 72.0 Å². The summed E-state index contributed by atoms with van der Waals surface area (Å²) >= 11 is 0. The van der Waals surface area contributed by atoms with Gasteiger partial charge in [0.2, 0.25) is 5.91 Å². The zero-order valence-electron chi connectivity index (χ0n) is 14.4. The second kappa shape index (κ2) is 18.3. The lowest BCUT2D eigenvalue weighted by Gasteiger charge is -2.09. The lowest BCUT2D eigenvalue weighted by Crippen LogP contribution is -2.37. The van der Waals surface area contributed by atoms with E-state index in [1.807, 2.05) is 6.92 Å². The largest absolute Gasteiger partial charge is 0.355 e. The Hall–Kier alpha value is -0.730. The van der Waals surface area contributed by atoms with Crippen LogP contribution in [0.5, 0.6) is 0 Å². The smallest absolute Gasteiger partial charge is 0.219 e. The Balaban J connectivity index is 2.98. The van der Waals surface area contributed by atoms with Gasteiger partial charge in [-0.05, 0) is 6.54 Å². The highest BCUT2D eigenvalue weighted by molar-refractivity contribution is 5.75. The molecule has 0 saturated carbocycles. The number of nitrogens with one attached hydrogen (secondary N) is 6. The molecule has 0 rings (SSSR count). The molecule has 6 N–H and O–H groups in total. The van der Waals surface area contributed by atoms with Gasteiger partial charge < -0.3 is 31.9 Å². The summed E-state index contributed by atoms with van der Waals surface area (Å²) in [5.74, 6) is 0.113. The highest BCUT2D eigenvalue weighted by Crippen LogP contribution is 1.72. The molecule has 0 spiro atoms. The van der Waals surface area contributed by atoms with Crippen LogP contribution in [0.2, 0.25) is 0 Å². The highest BCUT2D eigenvalue weighted by atomic mass is 16.1. The average Bonchev–Trinajstić information content (AvgIpc) is 2.54. The van der Waals surface area contributed by atoms with Crippen LogP contribution in [0.3, 0.4) is 0 Å². The molecular weight excluding hydrogens is 280 g/mol. The molecule has 0 fully saturated rings. The number of carbonyl (C=O) groups is 1. The van der Waals surface area contributed by atoms with Crippen molar-refractivity contribution in [3.05, 3.63) is 0 Å². The van der Waals surface area contributed by atoms with Crippen LogP contribution < -0.4 is 31.9 Å². The van der Waals surface area contributed by atoms with E-state index < -0.39 is 0 Å². The molecule has 7 nitrogen and oxygen atoms in total. The van der Waals surface area contributed by atoms with E-state index in [0.717, 1.165) is 65.4 Å². The summed E-state index contributed by atoms with van der Waals surface area (Å²) in [5.41, 5.74) is 0. The van der Waals surface area contributed by atoms with E-state index in [-0.39, 0.29) is 5.91 Å². The molecule has 0 aromatic carbocycles. The third-order valence-electron chi connectivity index (χ3n) is 3.11. The number of hydrogen-bond acceptors (Lipinski definition) is 6. The Labute approximate surface area is 135 Å². The fraction of sp³-hybridized carbons (Fsp3) is 0.933. The molecule has 0 aromatic rings. The van der Waals surface area contributed by atoms with E-state index in [2.05, 4.69) is 38.8 Å². The van der Waals surface area contributed by atoms with Crippen molar-refractivity contribution in [1.29, 1.82) is 0 Å². The molecule has 0 atom stereocenters. The van der Waals surface area contributed by atoms with E-state index in [9.17, 15) is 4.79 Å². The predicted molar refractivity (Wildman–Crippen MR) is 93.3 cm³/mol. The molecule has 0 unspecified atom stereocenters. The molecule has 0 aliphatic rings. The summed E-state index contributed by atoms with van der Waals surface area (Å²) in [4.78, 5) is 11.0. The lowest BCUT2D eigenvalue weighted by atomic mass is 10.4. The number of hydrogen-bond donors (Lipinski definition) is 6. The molecular formula is C15H36N6O. The predicted octanol–water partition coefficient (Wildman–Crippen LogP) is -1.52. The Kier molecular flexibility index (Phi) is 17.7. The van der Waals surface area contributed by atoms with Crippen molar-refractivity contribution in [2.45, 2.75) is 20.3 Å². The maximum Gasteiger partial charge on any atom is 0.219 e. The monoisotopic (exact) mass is 316 g/mol. The fourth-order valence-corrected chi connectivity index (χ4v) is 1.80. The van der Waals surface area contributed by atoms with E-state index in [0.29, 0.717) is 13.0 Å². The van der Waals surface area contributed by atoms with Gasteiger partial charge in [0.15, 0.2) is 0 Å². The molecule has 22 heavy (non-hydrogen) atoms. The maximum absolute atomic E-state index is 11.0. The fourth-order valence-electron chi connectivity index (χ4n) is 1.80. The number of amides is 1. The van der Waals surface area contributed by atoms with Gasteiger partial charge in [-0.1, -0.05) is 13.8 Å². The highest BCUT2D eigenvalue weighted by Gasteiger charge is 1.94. The summed E-state index contributed by atoms with van der Waals surface area (Å²) in [7, 11) is 0. The zero-order valence-corrected chi connectivity index (χ0v) is 14.4. The van der Waals surface area contributed by atoms with E-state index in [1.54, 1.807) is 0 Å². The van der Waals surface area contributed by atoms with Crippen LogP contribution in [-0.4, -0.2) is 77.9 Å². The van der Waals surface area contributed by atoms with E-state index >= 15 is 0 Å². The molecule has 1 amide bonds. The average molecular weight is 316 g/mol. The van der Waals surface area contributed by atoms with Gasteiger partial charge in [-0.2, -0.15) is 0 Å². The Morgan fingerprint density at radius 3 is 1.32 bits per heavy atom. The van der Waals surface area contributed by atoms with Crippen molar-refractivity contribution < 1.29 is 4.79 Å². The van der Waals surface area contributed by atoms with E-state index in [4.69, 9.17) is 0 Å². The molecule has 0 radical (unpaired) electrons. The van der Waals surface area contributed by atoms with Crippen LogP contribution in [-0.2, 0) is 4.79 Å². The topological polar surface area (TPSA) is 89.2 Å². The molecule has 0 bridgehead atoms. The van der Waals surface area contributed by atoms with Crippen molar-refractivity contribution in [2.24, 2.45) is 0 Å². The molecule has 0 aliphatic heterocycles. The number of rotatable bonds is 17. The molecule has 0 aromatic heterocycles. The summed E-state index contributed by atoms with van der Waals surface area (Å²) in [5, 5.41) is 19.5. The quantitative estimate of drug-likeness (QED) is 0.183. The van der Waals surface area contributed by atoms with E-state index in [1.165, 1.54) is 0 Å². The van der Waals surface area contributed by atoms with Gasteiger partial charge in [-0.25, -0.2) is 0 Å². The Bertz CT molecular complexity index is 240. The first-order valence-corrected chi connectivity index (χ1v) is 8.61. The maximum atomic E-state index is 11.0. The molecule has 7 heteroatoms. The van der Waals surface area contributed by atoms with Gasteiger partial charge >= 0.3 is 0 Å². The van der Waals surface area contributed by atoms with Crippen molar-refractivity contribution in [3.8, 4) is 0 Å². The van der Waals surface area contributed by atoms with Crippen LogP contribution >= 0.6 is 0 Å². The zero-order chi connectivity index (χ0) is 16.3. The van der Waals surface area contributed by atoms with Gasteiger partial charge in [0.05, 0.1) is 0 Å². The van der Waals surface area contributed by atoms with Gasteiger partial charge in [0.25, 0.3) is 0 Å². The summed E-state index contributed by atoms with van der Waals surface area (Å²) in [6, 6.07) is 0. The first-order chi connectivity index (χ1) is 10.8. The molecule has 0 saturated heterocycles. The van der Waals surface area contributed by atoms with Crippen LogP contribution in [0.15, 0.2) is 0 Å². The lowest BCUT2D eigenvalue weighted by molar-refractivity contribution is -0.120. The SMILES string of the molecule is CCNCCNCCNCCNCCNCCNC(=O)CC. The molecule has 0 aliphatic carbocycles. The third kappa shape index (κ3) is 17.3. The van der Waals surface area contributed by atoms with Crippen molar-refractivity contribution in [3.63, 3.8) is 0 Å². The first kappa shape index (κ1) is 21.3. The van der Waals surface area contributed by atoms with Crippen LogP contribution in [0.1, 0.15) is 20.3 Å². The van der Waals surface area contributed by atoms with Gasteiger partial charge in [-0.3, -0.25) is 4.79 Å². The minimum Gasteiger partial charge on any atom is -0.355 e. The standard InChI is InChI=1S/C15H36N6O/c1-3-15(22)21-14-13-20-12-11-19-10-9-18-8-7-17-6-5-16-4-2/h16-20H,3-14H2,1-2H3,(H,21,22). The Morgan fingerprint density at radius 1 is 0.591 bits per heavy atom. The van der Waals surface area contributed by atoms with Gasteiger partial charge in [-0.15, -0.1) is 0 Å². The number of carbonyl (C=O) groups excluding carboxylic acids is 1. The summed E-state index contributed by atoms with van der Waals surface area (Å²) in [6.07, 6.45) is 0.555. The van der Waals surface area contributed by atoms with Crippen LogP contribution in [0.4, 0.5) is 0 Å². The number of likely N-dealkylation sites (N-methyl/N-ethyl adjacent to an activating group) is 1.